The normalized spacial score (nSPS) is 11.2. The highest BCUT2D eigenvalue weighted by atomic mass is 35.5. The molecule has 6 N–H and O–H groups in total. The lowest BCUT2D eigenvalue weighted by Crippen LogP contribution is -2.38. The van der Waals surface area contributed by atoms with Crippen molar-refractivity contribution in [1.29, 1.82) is 0 Å². The molecule has 0 atom stereocenters. The van der Waals surface area contributed by atoms with Gasteiger partial charge >= 0.3 is 0 Å². The van der Waals surface area contributed by atoms with Crippen LogP contribution in [0.25, 0.3) is 0 Å². The first kappa shape index (κ1) is 38.5. The average molecular weight is 663 g/mol. The van der Waals surface area contributed by atoms with Crippen molar-refractivity contribution < 1.29 is 9.85 Å². The standard InChI is InChI=1S/C31H51ClN10O4/c1-7-37(8-2)15-17-39(13-11-33)30-26(19-23(5)20-28(30)41(43)44)35-24(6)36-27-21-25(32)22-29(42(45)46)31(27)40(14-12-34)18-16-38(9-3)10-4/h19-22,35-36H,6-18,33-34H2,1-5H3. The maximum absolute atomic E-state index is 12.3. The van der Waals surface area contributed by atoms with Crippen LogP contribution in [0.3, 0.4) is 0 Å². The quantitative estimate of drug-likeness (QED) is 0.101. The maximum atomic E-state index is 12.3. The molecule has 15 heteroatoms. The fourth-order valence-corrected chi connectivity index (χ4v) is 5.63. The highest BCUT2D eigenvalue weighted by molar-refractivity contribution is 6.31. The van der Waals surface area contributed by atoms with Crippen LogP contribution in [-0.4, -0.2) is 98.2 Å². The fourth-order valence-electron chi connectivity index (χ4n) is 5.42. The zero-order valence-corrected chi connectivity index (χ0v) is 28.6. The molecular weight excluding hydrogens is 612 g/mol. The summed E-state index contributed by atoms with van der Waals surface area (Å²) in [4.78, 5) is 32.0. The summed E-state index contributed by atoms with van der Waals surface area (Å²) in [5, 5.41) is 31.1. The number of nitro groups is 2. The van der Waals surface area contributed by atoms with Crippen LogP contribution >= 0.6 is 11.6 Å². The maximum Gasteiger partial charge on any atom is 0.296 e. The zero-order chi connectivity index (χ0) is 34.4. The van der Waals surface area contributed by atoms with Gasteiger partial charge in [-0.05, 0) is 50.8 Å². The van der Waals surface area contributed by atoms with Crippen LogP contribution in [0.1, 0.15) is 33.3 Å². The summed E-state index contributed by atoms with van der Waals surface area (Å²) in [6.07, 6.45) is 0. The van der Waals surface area contributed by atoms with E-state index >= 15 is 0 Å². The van der Waals surface area contributed by atoms with Crippen molar-refractivity contribution >= 4 is 45.7 Å². The lowest BCUT2D eigenvalue weighted by molar-refractivity contribution is -0.384. The largest absolute Gasteiger partial charge is 0.362 e. The molecule has 2 aromatic carbocycles. The van der Waals surface area contributed by atoms with Crippen LogP contribution in [0, 0.1) is 27.2 Å². The molecule has 0 bridgehead atoms. The van der Waals surface area contributed by atoms with E-state index in [0.717, 1.165) is 26.2 Å². The molecule has 14 nitrogen and oxygen atoms in total. The van der Waals surface area contributed by atoms with Gasteiger partial charge in [-0.25, -0.2) is 0 Å². The van der Waals surface area contributed by atoms with E-state index in [1.165, 1.54) is 12.1 Å². The number of nitrogens with one attached hydrogen (secondary N) is 2. The molecule has 0 spiro atoms. The van der Waals surface area contributed by atoms with Crippen LogP contribution in [0.4, 0.5) is 34.1 Å². The highest BCUT2D eigenvalue weighted by Gasteiger charge is 2.27. The molecule has 0 aromatic heterocycles. The first-order valence-electron chi connectivity index (χ1n) is 15.8. The van der Waals surface area contributed by atoms with Gasteiger partial charge in [0, 0.05) is 69.5 Å². The van der Waals surface area contributed by atoms with Crippen molar-refractivity contribution in [3.8, 4) is 0 Å². The Morgan fingerprint density at radius 2 is 1.15 bits per heavy atom. The van der Waals surface area contributed by atoms with Crippen molar-refractivity contribution in [2.75, 3.05) is 99.0 Å². The zero-order valence-electron chi connectivity index (χ0n) is 27.9. The van der Waals surface area contributed by atoms with Crippen molar-refractivity contribution in [2.24, 2.45) is 11.5 Å². The van der Waals surface area contributed by atoms with E-state index in [4.69, 9.17) is 23.1 Å². The topological polar surface area (TPSA) is 175 Å². The first-order valence-corrected chi connectivity index (χ1v) is 16.2. The summed E-state index contributed by atoms with van der Waals surface area (Å²) < 4.78 is 0. The van der Waals surface area contributed by atoms with Gasteiger partial charge in [0.05, 0.1) is 21.2 Å². The minimum atomic E-state index is -0.466. The average Bonchev–Trinajstić information content (AvgIpc) is 3.00. The summed E-state index contributed by atoms with van der Waals surface area (Å²) in [6, 6.07) is 6.27. The molecule has 0 saturated heterocycles. The number of nitro benzene ring substituents is 2. The molecule has 0 amide bonds. The van der Waals surface area contributed by atoms with Gasteiger partial charge in [-0.15, -0.1) is 0 Å². The Kier molecular flexibility index (Phi) is 16.0. The van der Waals surface area contributed by atoms with Gasteiger partial charge in [0.25, 0.3) is 11.4 Å². The molecule has 0 aliphatic carbocycles. The molecule has 0 aliphatic rings. The minimum absolute atomic E-state index is 0.0621. The van der Waals surface area contributed by atoms with Gasteiger partial charge in [-0.3, -0.25) is 20.2 Å². The second-order valence-corrected chi connectivity index (χ2v) is 11.3. The first-order chi connectivity index (χ1) is 21.9. The van der Waals surface area contributed by atoms with E-state index < -0.39 is 9.85 Å². The number of halogens is 1. The molecule has 2 aromatic rings. The van der Waals surface area contributed by atoms with E-state index in [1.54, 1.807) is 13.0 Å². The molecule has 0 aliphatic heterocycles. The number of hydrogen-bond acceptors (Lipinski definition) is 12. The van der Waals surface area contributed by atoms with Crippen molar-refractivity contribution in [3.63, 3.8) is 0 Å². The highest BCUT2D eigenvalue weighted by Crippen LogP contribution is 2.41. The van der Waals surface area contributed by atoms with Crippen molar-refractivity contribution in [3.05, 3.63) is 67.5 Å². The Labute approximate surface area is 277 Å². The summed E-state index contributed by atoms with van der Waals surface area (Å²) >= 11 is 6.38. The number of nitrogens with zero attached hydrogens (tertiary/aromatic N) is 6. The lowest BCUT2D eigenvalue weighted by Gasteiger charge is -2.31. The van der Waals surface area contributed by atoms with E-state index in [1.807, 2.05) is 15.9 Å². The fraction of sp³-hybridized carbons (Fsp3) is 0.548. The molecular formula is C31H51ClN10O4. The summed E-state index contributed by atoms with van der Waals surface area (Å²) in [5.74, 6) is 0.242. The third-order valence-electron chi connectivity index (χ3n) is 7.84. The molecule has 46 heavy (non-hydrogen) atoms. The van der Waals surface area contributed by atoms with E-state index in [2.05, 4.69) is 54.7 Å². The van der Waals surface area contributed by atoms with Crippen LogP contribution in [0.15, 0.2) is 36.7 Å². The summed E-state index contributed by atoms with van der Waals surface area (Å²) in [7, 11) is 0. The predicted octanol–water partition coefficient (Wildman–Crippen LogP) is 4.67. The van der Waals surface area contributed by atoms with Crippen molar-refractivity contribution in [1.82, 2.24) is 9.80 Å². The van der Waals surface area contributed by atoms with Gasteiger partial charge in [0.15, 0.2) is 0 Å². The molecule has 2 rings (SSSR count). The van der Waals surface area contributed by atoms with Crippen molar-refractivity contribution in [2.45, 2.75) is 34.6 Å². The van der Waals surface area contributed by atoms with Crippen LogP contribution in [-0.2, 0) is 0 Å². The molecule has 0 fully saturated rings. The molecule has 0 radical (unpaired) electrons. The van der Waals surface area contributed by atoms with Crippen LogP contribution < -0.4 is 31.9 Å². The molecule has 0 unspecified atom stereocenters. The molecule has 256 valence electrons. The third kappa shape index (κ3) is 10.7. The Hall–Kier alpha value is -3.69. The van der Waals surface area contributed by atoms with E-state index in [9.17, 15) is 20.2 Å². The number of nitrogens with two attached hydrogens (primary N) is 2. The Balaban J connectivity index is 2.59. The summed E-state index contributed by atoms with van der Waals surface area (Å²) in [5.41, 5.74) is 13.9. The number of aryl methyl sites for hydroxylation is 1. The Bertz CT molecular complexity index is 1220. The summed E-state index contributed by atoms with van der Waals surface area (Å²) in [6.45, 7) is 21.2. The van der Waals surface area contributed by atoms with E-state index in [-0.39, 0.29) is 28.8 Å². The van der Waals surface area contributed by atoms with Crippen LogP contribution in [0.5, 0.6) is 0 Å². The number of benzene rings is 2. The monoisotopic (exact) mass is 662 g/mol. The minimum Gasteiger partial charge on any atom is -0.362 e. The predicted molar refractivity (Wildman–Crippen MR) is 190 cm³/mol. The van der Waals surface area contributed by atoms with Gasteiger partial charge in [-0.1, -0.05) is 45.9 Å². The van der Waals surface area contributed by atoms with Gasteiger partial charge in [0.2, 0.25) is 0 Å². The molecule has 0 saturated carbocycles. The smallest absolute Gasteiger partial charge is 0.296 e. The van der Waals surface area contributed by atoms with Crippen LogP contribution in [0.2, 0.25) is 5.02 Å². The lowest BCUT2D eigenvalue weighted by atomic mass is 10.1. The number of hydrogen-bond donors (Lipinski definition) is 4. The number of rotatable bonds is 22. The van der Waals surface area contributed by atoms with E-state index in [0.29, 0.717) is 74.1 Å². The van der Waals surface area contributed by atoms with Gasteiger partial charge < -0.3 is 41.7 Å². The Morgan fingerprint density at radius 1 is 0.739 bits per heavy atom. The second-order valence-electron chi connectivity index (χ2n) is 10.8. The SMILES string of the molecule is C=C(Nc1cc(C)cc([N+](=O)[O-])c1N(CCN)CCN(CC)CC)Nc1cc(Cl)cc([N+](=O)[O-])c1N(CCN)CCN(CC)CC. The van der Waals surface area contributed by atoms with Gasteiger partial charge in [-0.2, -0.15) is 0 Å². The van der Waals surface area contributed by atoms with Gasteiger partial charge in [0.1, 0.15) is 17.2 Å². The number of anilines is 4. The Morgan fingerprint density at radius 3 is 1.54 bits per heavy atom. The second kappa shape index (κ2) is 19.1. The third-order valence-corrected chi connectivity index (χ3v) is 8.06. The number of likely N-dealkylation sites (N-methyl/N-ethyl adjacent to an activating group) is 2. The molecule has 0 heterocycles.